The van der Waals surface area contributed by atoms with Crippen molar-refractivity contribution in [2.75, 3.05) is 0 Å². The van der Waals surface area contributed by atoms with Gasteiger partial charge < -0.3 is 5.73 Å². The van der Waals surface area contributed by atoms with Crippen LogP contribution in [0.1, 0.15) is 20.3 Å². The Morgan fingerprint density at radius 1 is 1.67 bits per heavy atom. The predicted octanol–water partition coefficient (Wildman–Crippen LogP) is -1.16. The zero-order valence-corrected chi connectivity index (χ0v) is 6.78. The van der Waals surface area contributed by atoms with Crippen LogP contribution in [0.4, 0.5) is 0 Å². The van der Waals surface area contributed by atoms with Crippen molar-refractivity contribution < 1.29 is 29.6 Å². The minimum Gasteiger partial charge on any atom is -0.675 e. The molecule has 32 valence electrons. The summed E-state index contributed by atoms with van der Waals surface area (Å²) < 4.78 is 0. The van der Waals surface area contributed by atoms with E-state index in [0.29, 0.717) is 0 Å². The van der Waals surface area contributed by atoms with Gasteiger partial charge in [0.2, 0.25) is 0 Å². The van der Waals surface area contributed by atoms with Crippen LogP contribution in [0.3, 0.4) is 0 Å². The van der Waals surface area contributed by atoms with E-state index in [1.54, 1.807) is 0 Å². The van der Waals surface area contributed by atoms with Crippen molar-refractivity contribution in [1.82, 2.24) is 0 Å². The first-order valence-corrected chi connectivity index (χ1v) is 1.98. The van der Waals surface area contributed by atoms with Gasteiger partial charge in [0.15, 0.2) is 0 Å². The second kappa shape index (κ2) is 5.96. The van der Waals surface area contributed by atoms with Crippen molar-refractivity contribution in [1.29, 1.82) is 0 Å². The Morgan fingerprint density at radius 3 is 1.83 bits per heavy atom. The van der Waals surface area contributed by atoms with Crippen LogP contribution in [0.2, 0.25) is 0 Å². The van der Waals surface area contributed by atoms with Gasteiger partial charge in [-0.2, -0.15) is 0 Å². The van der Waals surface area contributed by atoms with Crippen molar-refractivity contribution >= 4 is 0 Å². The number of nitrogens with one attached hydrogen (secondary N) is 1. The predicted molar refractivity (Wildman–Crippen MR) is 24.1 cm³/mol. The molecule has 2 heteroatoms. The Labute approximate surface area is 61.6 Å². The molecule has 0 amide bonds. The van der Waals surface area contributed by atoms with Gasteiger partial charge in [0.25, 0.3) is 0 Å². The molecule has 1 unspecified atom stereocenters. The summed E-state index contributed by atoms with van der Waals surface area (Å²) in [5, 5.41) is 0. The summed E-state index contributed by atoms with van der Waals surface area (Å²) in [6.07, 6.45) is 0.972. The number of hydrogen-bond donors (Lipinski definition) is 0. The molecule has 6 heavy (non-hydrogen) atoms. The maximum absolute atomic E-state index is 6.83. The third-order valence-corrected chi connectivity index (χ3v) is 0.612. The van der Waals surface area contributed by atoms with E-state index in [-0.39, 0.29) is 35.6 Å². The monoisotopic (exact) mass is 95.1 g/mol. The van der Waals surface area contributed by atoms with Crippen molar-refractivity contribution in [2.45, 2.75) is 26.3 Å². The number of rotatable bonds is 1. The van der Waals surface area contributed by atoms with Crippen molar-refractivity contribution in [2.24, 2.45) is 0 Å². The van der Waals surface area contributed by atoms with Gasteiger partial charge in [0.05, 0.1) is 0 Å². The fraction of sp³-hybridized carbons (Fsp3) is 1.00. The van der Waals surface area contributed by atoms with E-state index < -0.39 is 0 Å². The third kappa shape index (κ3) is 8.88. The third-order valence-electron chi connectivity index (χ3n) is 0.612. The molecule has 0 aromatic heterocycles. The SMILES string of the molecule is CCC(C)[NH-].[Na+]. The van der Waals surface area contributed by atoms with Crippen LogP contribution in [0.25, 0.3) is 5.73 Å². The summed E-state index contributed by atoms with van der Waals surface area (Å²) in [5.74, 6) is 0. The molecule has 0 aliphatic heterocycles. The van der Waals surface area contributed by atoms with Gasteiger partial charge in [-0.15, -0.1) is 6.04 Å². The summed E-state index contributed by atoms with van der Waals surface area (Å²) in [7, 11) is 0. The van der Waals surface area contributed by atoms with E-state index >= 15 is 0 Å². The van der Waals surface area contributed by atoms with Crippen LogP contribution >= 0.6 is 0 Å². The zero-order valence-electron chi connectivity index (χ0n) is 4.78. The van der Waals surface area contributed by atoms with Crippen LogP contribution in [-0.4, -0.2) is 6.04 Å². The Bertz CT molecular complexity index is 21.5. The largest absolute Gasteiger partial charge is 1.00 e. The van der Waals surface area contributed by atoms with E-state index in [4.69, 9.17) is 5.73 Å². The van der Waals surface area contributed by atoms with Gasteiger partial charge in [-0.1, -0.05) is 20.3 Å². The van der Waals surface area contributed by atoms with Crippen LogP contribution < -0.4 is 29.6 Å². The Hall–Kier alpha value is 0.960. The second-order valence-corrected chi connectivity index (χ2v) is 1.31. The van der Waals surface area contributed by atoms with E-state index in [9.17, 15) is 0 Å². The van der Waals surface area contributed by atoms with E-state index in [1.165, 1.54) is 0 Å². The molecule has 0 heterocycles. The Morgan fingerprint density at radius 2 is 1.83 bits per heavy atom. The van der Waals surface area contributed by atoms with Crippen molar-refractivity contribution in [3.8, 4) is 0 Å². The first-order chi connectivity index (χ1) is 2.27. The quantitative estimate of drug-likeness (QED) is 0.367. The number of hydrogen-bond acceptors (Lipinski definition) is 0. The smallest absolute Gasteiger partial charge is 0.675 e. The molecule has 0 saturated heterocycles. The standard InChI is InChI=1S/C4H10N.Na/c1-3-4(2)5;/h4-5H,3H2,1-2H3;/q-1;+1. The van der Waals surface area contributed by atoms with Gasteiger partial charge in [0.1, 0.15) is 0 Å². The maximum Gasteiger partial charge on any atom is 1.00 e. The summed E-state index contributed by atoms with van der Waals surface area (Å²) in [4.78, 5) is 0. The summed E-state index contributed by atoms with van der Waals surface area (Å²) in [5.41, 5.74) is 6.83. The van der Waals surface area contributed by atoms with Gasteiger partial charge in [-0.25, -0.2) is 0 Å². The van der Waals surface area contributed by atoms with E-state index in [0.717, 1.165) is 6.42 Å². The molecule has 0 bridgehead atoms. The topological polar surface area (TPSA) is 23.8 Å². The van der Waals surface area contributed by atoms with Gasteiger partial charge in [0, 0.05) is 0 Å². The molecule has 0 spiro atoms. The molecule has 0 aliphatic rings. The molecule has 1 nitrogen and oxygen atoms in total. The molecular formula is C4H10NNa. The summed E-state index contributed by atoms with van der Waals surface area (Å²) in [6.45, 7) is 3.90. The maximum atomic E-state index is 6.83. The van der Waals surface area contributed by atoms with Crippen molar-refractivity contribution in [3.05, 3.63) is 5.73 Å². The van der Waals surface area contributed by atoms with Crippen LogP contribution in [-0.2, 0) is 0 Å². The molecule has 1 N–H and O–H groups in total. The molecular weight excluding hydrogens is 85.0 g/mol. The molecule has 0 radical (unpaired) electrons. The fourth-order valence-electron chi connectivity index (χ4n) is 0. The molecule has 0 aromatic rings. The molecule has 0 aliphatic carbocycles. The van der Waals surface area contributed by atoms with Crippen molar-refractivity contribution in [3.63, 3.8) is 0 Å². The van der Waals surface area contributed by atoms with Gasteiger partial charge in [-0.3, -0.25) is 0 Å². The van der Waals surface area contributed by atoms with E-state index in [2.05, 4.69) is 0 Å². The first kappa shape index (κ1) is 10.0. The average Bonchev–Trinajstić information content (AvgIpc) is 1.38. The second-order valence-electron chi connectivity index (χ2n) is 1.31. The van der Waals surface area contributed by atoms with Crippen LogP contribution in [0.5, 0.6) is 0 Å². The first-order valence-electron chi connectivity index (χ1n) is 1.98. The molecule has 0 fully saturated rings. The molecule has 0 saturated carbocycles. The average molecular weight is 95.1 g/mol. The fourth-order valence-corrected chi connectivity index (χ4v) is 0. The molecule has 0 aromatic carbocycles. The Balaban J connectivity index is 0. The van der Waals surface area contributed by atoms with Crippen LogP contribution in [0, 0.1) is 0 Å². The molecule has 0 rings (SSSR count). The summed E-state index contributed by atoms with van der Waals surface area (Å²) >= 11 is 0. The molecule has 1 atom stereocenters. The van der Waals surface area contributed by atoms with Gasteiger partial charge >= 0.3 is 29.6 Å². The minimum absolute atomic E-state index is 0. The van der Waals surface area contributed by atoms with Crippen LogP contribution in [0.15, 0.2) is 0 Å². The Kier molecular flexibility index (Phi) is 9.98. The van der Waals surface area contributed by atoms with Gasteiger partial charge in [-0.05, 0) is 0 Å². The normalized spacial score (nSPS) is 12.5. The minimum atomic E-state index is 0. The zero-order chi connectivity index (χ0) is 4.28. The summed E-state index contributed by atoms with van der Waals surface area (Å²) in [6, 6.07) is 0.134. The van der Waals surface area contributed by atoms with E-state index in [1.807, 2.05) is 13.8 Å².